The van der Waals surface area contributed by atoms with Crippen molar-refractivity contribution in [2.24, 2.45) is 5.92 Å². The number of piperidine rings is 3. The molecule has 4 fully saturated rings. The number of nitrogens with zero attached hydrogens (tertiary/aromatic N) is 2. The third-order valence-electron chi connectivity index (χ3n) is 7.14. The predicted octanol–water partition coefficient (Wildman–Crippen LogP) is 3.19. The predicted molar refractivity (Wildman–Crippen MR) is 109 cm³/mol. The molecular weight excluding hydrogens is 348 g/mol. The summed E-state index contributed by atoms with van der Waals surface area (Å²) in [6.07, 6.45) is 2.41. The molecule has 4 aliphatic heterocycles. The van der Waals surface area contributed by atoms with Gasteiger partial charge < -0.3 is 10.0 Å². The second kappa shape index (κ2) is 7.02. The Hall–Kier alpha value is -2.17. The SMILES string of the molecule is Cc1ccc([C@@H]2CN(C(=O)c3ccc(CO)cc3)[C@@H]3C4CCN(CC4)[C@@H]32)cc1. The largest absolute Gasteiger partial charge is 0.392 e. The van der Waals surface area contributed by atoms with E-state index in [0.29, 0.717) is 23.9 Å². The molecule has 1 N–H and O–H groups in total. The fourth-order valence-electron chi connectivity index (χ4n) is 5.68. The average molecular weight is 377 g/mol. The van der Waals surface area contributed by atoms with Crippen LogP contribution in [-0.2, 0) is 6.61 Å². The van der Waals surface area contributed by atoms with E-state index in [2.05, 4.69) is 41.0 Å². The summed E-state index contributed by atoms with van der Waals surface area (Å²) in [5.41, 5.74) is 4.22. The number of rotatable bonds is 3. The van der Waals surface area contributed by atoms with Crippen LogP contribution in [0, 0.1) is 12.8 Å². The first-order valence-corrected chi connectivity index (χ1v) is 10.5. The summed E-state index contributed by atoms with van der Waals surface area (Å²) in [7, 11) is 0. The van der Waals surface area contributed by atoms with Crippen LogP contribution in [0.25, 0.3) is 0 Å². The van der Waals surface area contributed by atoms with Crippen molar-refractivity contribution in [3.8, 4) is 0 Å². The molecule has 4 saturated heterocycles. The summed E-state index contributed by atoms with van der Waals surface area (Å²) in [5.74, 6) is 1.14. The monoisotopic (exact) mass is 376 g/mol. The maximum absolute atomic E-state index is 13.5. The number of carbonyl (C=O) groups excluding carboxylic acids is 1. The van der Waals surface area contributed by atoms with E-state index in [4.69, 9.17) is 0 Å². The van der Waals surface area contributed by atoms with Crippen molar-refractivity contribution < 1.29 is 9.90 Å². The van der Waals surface area contributed by atoms with Gasteiger partial charge in [0.1, 0.15) is 0 Å². The zero-order valence-electron chi connectivity index (χ0n) is 16.4. The molecule has 2 aromatic rings. The molecular formula is C24H28N2O2. The molecule has 28 heavy (non-hydrogen) atoms. The molecule has 4 heterocycles. The lowest BCUT2D eigenvalue weighted by Crippen LogP contribution is -2.60. The molecule has 0 aliphatic carbocycles. The highest BCUT2D eigenvalue weighted by Gasteiger charge is 2.54. The molecule has 0 spiro atoms. The van der Waals surface area contributed by atoms with Gasteiger partial charge in [-0.1, -0.05) is 42.0 Å². The van der Waals surface area contributed by atoms with E-state index in [1.165, 1.54) is 37.1 Å². The van der Waals surface area contributed by atoms with Gasteiger partial charge in [0.15, 0.2) is 0 Å². The maximum atomic E-state index is 13.5. The third kappa shape index (κ3) is 2.87. The van der Waals surface area contributed by atoms with Gasteiger partial charge in [-0.25, -0.2) is 0 Å². The molecule has 2 aromatic carbocycles. The van der Waals surface area contributed by atoms with Gasteiger partial charge in [0.25, 0.3) is 5.91 Å². The number of aliphatic hydroxyl groups excluding tert-OH is 1. The Morgan fingerprint density at radius 2 is 1.68 bits per heavy atom. The van der Waals surface area contributed by atoms with Crippen LogP contribution in [0.1, 0.15) is 45.8 Å². The van der Waals surface area contributed by atoms with Crippen molar-refractivity contribution in [1.82, 2.24) is 9.80 Å². The number of amides is 1. The molecule has 0 saturated carbocycles. The van der Waals surface area contributed by atoms with Crippen molar-refractivity contribution >= 4 is 5.91 Å². The maximum Gasteiger partial charge on any atom is 0.254 e. The summed E-state index contributed by atoms with van der Waals surface area (Å²) < 4.78 is 0. The first kappa shape index (κ1) is 17.9. The Balaban J connectivity index is 1.49. The van der Waals surface area contributed by atoms with Crippen LogP contribution in [-0.4, -0.2) is 52.5 Å². The van der Waals surface area contributed by atoms with Gasteiger partial charge in [0.2, 0.25) is 0 Å². The summed E-state index contributed by atoms with van der Waals surface area (Å²) >= 11 is 0. The van der Waals surface area contributed by atoms with Crippen LogP contribution in [0.5, 0.6) is 0 Å². The Bertz CT molecular complexity index is 853. The second-order valence-electron chi connectivity index (χ2n) is 8.68. The topological polar surface area (TPSA) is 43.8 Å². The van der Waals surface area contributed by atoms with Crippen LogP contribution in [0.4, 0.5) is 0 Å². The highest BCUT2D eigenvalue weighted by Crippen LogP contribution is 2.47. The highest BCUT2D eigenvalue weighted by atomic mass is 16.3. The minimum absolute atomic E-state index is 0.00934. The fraction of sp³-hybridized carbons (Fsp3) is 0.458. The molecule has 146 valence electrons. The number of likely N-dealkylation sites (tertiary alicyclic amines) is 1. The number of fused-ring (bicyclic) bond motifs is 2. The van der Waals surface area contributed by atoms with E-state index in [9.17, 15) is 9.90 Å². The van der Waals surface area contributed by atoms with E-state index in [1.54, 1.807) is 0 Å². The minimum Gasteiger partial charge on any atom is -0.392 e. The molecule has 3 atom stereocenters. The lowest BCUT2D eigenvalue weighted by molar-refractivity contribution is -0.00340. The normalized spacial score (nSPS) is 31.1. The molecule has 4 heteroatoms. The number of hydrogen-bond acceptors (Lipinski definition) is 3. The lowest BCUT2D eigenvalue weighted by atomic mass is 9.75. The molecule has 4 aliphatic rings. The molecule has 6 rings (SSSR count). The lowest BCUT2D eigenvalue weighted by Gasteiger charge is -2.51. The number of benzene rings is 2. The van der Waals surface area contributed by atoms with Gasteiger partial charge in [-0.15, -0.1) is 0 Å². The van der Waals surface area contributed by atoms with Crippen LogP contribution in [0.15, 0.2) is 48.5 Å². The fourth-order valence-corrected chi connectivity index (χ4v) is 5.68. The third-order valence-corrected chi connectivity index (χ3v) is 7.14. The van der Waals surface area contributed by atoms with Gasteiger partial charge >= 0.3 is 0 Å². The first-order chi connectivity index (χ1) is 13.7. The molecule has 4 nitrogen and oxygen atoms in total. The van der Waals surface area contributed by atoms with Crippen LogP contribution in [0.3, 0.4) is 0 Å². The summed E-state index contributed by atoms with van der Waals surface area (Å²) in [6.45, 7) is 5.27. The van der Waals surface area contributed by atoms with E-state index in [0.717, 1.165) is 17.7 Å². The van der Waals surface area contributed by atoms with E-state index in [-0.39, 0.29) is 12.5 Å². The average Bonchev–Trinajstić information content (AvgIpc) is 3.17. The van der Waals surface area contributed by atoms with Crippen molar-refractivity contribution in [3.05, 3.63) is 70.8 Å². The van der Waals surface area contributed by atoms with E-state index < -0.39 is 0 Å². The Kier molecular flexibility index (Phi) is 4.48. The molecule has 0 unspecified atom stereocenters. The highest BCUT2D eigenvalue weighted by molar-refractivity contribution is 5.95. The van der Waals surface area contributed by atoms with Crippen LogP contribution >= 0.6 is 0 Å². The Morgan fingerprint density at radius 3 is 2.32 bits per heavy atom. The number of carbonyl (C=O) groups is 1. The quantitative estimate of drug-likeness (QED) is 0.895. The van der Waals surface area contributed by atoms with Gasteiger partial charge in [0, 0.05) is 24.1 Å². The van der Waals surface area contributed by atoms with E-state index in [1.807, 2.05) is 24.3 Å². The van der Waals surface area contributed by atoms with Crippen molar-refractivity contribution in [2.75, 3.05) is 19.6 Å². The number of aryl methyl sites for hydroxylation is 1. The molecule has 1 amide bonds. The second-order valence-corrected chi connectivity index (χ2v) is 8.68. The summed E-state index contributed by atoms with van der Waals surface area (Å²) in [6, 6.07) is 17.1. The van der Waals surface area contributed by atoms with Gasteiger partial charge in [0.05, 0.1) is 12.6 Å². The van der Waals surface area contributed by atoms with Crippen LogP contribution < -0.4 is 0 Å². The summed E-state index contributed by atoms with van der Waals surface area (Å²) in [4.78, 5) is 18.3. The smallest absolute Gasteiger partial charge is 0.254 e. The van der Waals surface area contributed by atoms with Crippen molar-refractivity contribution in [3.63, 3.8) is 0 Å². The Labute approximate surface area is 166 Å². The van der Waals surface area contributed by atoms with E-state index >= 15 is 0 Å². The first-order valence-electron chi connectivity index (χ1n) is 10.5. The zero-order chi connectivity index (χ0) is 19.3. The standard InChI is InChI=1S/C24H28N2O2/c1-16-2-6-18(7-3-16)21-14-26(22-19-10-12-25(13-11-19)23(21)22)24(28)20-8-4-17(15-27)5-9-20/h2-9,19,21-23,27H,10-15H2,1H3/t21-,22+,23+/m0/s1. The molecule has 0 aromatic heterocycles. The molecule has 0 radical (unpaired) electrons. The van der Waals surface area contributed by atoms with Gasteiger partial charge in [-0.2, -0.15) is 0 Å². The minimum atomic E-state index is 0.00934. The molecule has 2 bridgehead atoms. The van der Waals surface area contributed by atoms with Crippen molar-refractivity contribution in [1.29, 1.82) is 0 Å². The number of hydrogen-bond donors (Lipinski definition) is 1. The number of aliphatic hydroxyl groups is 1. The van der Waals surface area contributed by atoms with Gasteiger partial charge in [-0.3, -0.25) is 9.69 Å². The summed E-state index contributed by atoms with van der Waals surface area (Å²) in [5, 5.41) is 9.28. The van der Waals surface area contributed by atoms with Crippen molar-refractivity contribution in [2.45, 2.75) is 44.4 Å². The Morgan fingerprint density at radius 1 is 1.00 bits per heavy atom. The van der Waals surface area contributed by atoms with Gasteiger partial charge in [-0.05, 0) is 62.0 Å². The van der Waals surface area contributed by atoms with Crippen LogP contribution in [0.2, 0.25) is 0 Å². The zero-order valence-corrected chi connectivity index (χ0v) is 16.4.